The number of halogens is 2. The number of nitriles is 1. The second-order valence-electron chi connectivity index (χ2n) is 7.09. The number of pyridine rings is 1. The number of anilines is 1. The fourth-order valence-corrected chi connectivity index (χ4v) is 3.88. The Morgan fingerprint density at radius 3 is 2.33 bits per heavy atom. The molecule has 0 N–H and O–H groups in total. The maximum absolute atomic E-state index is 13.6. The van der Waals surface area contributed by atoms with Crippen LogP contribution >= 0.6 is 27.5 Å². The van der Waals surface area contributed by atoms with E-state index in [9.17, 15) is 10.1 Å². The van der Waals surface area contributed by atoms with E-state index >= 15 is 0 Å². The van der Waals surface area contributed by atoms with E-state index in [1.807, 2.05) is 66.0 Å². The summed E-state index contributed by atoms with van der Waals surface area (Å²) in [6, 6.07) is 20.6. The summed E-state index contributed by atoms with van der Waals surface area (Å²) in [5.74, 6) is -0.212. The third kappa shape index (κ3) is 3.49. The molecule has 0 amide bonds. The highest BCUT2D eigenvalue weighted by Crippen LogP contribution is 2.35. The van der Waals surface area contributed by atoms with Crippen molar-refractivity contribution in [3.63, 3.8) is 0 Å². The third-order valence-corrected chi connectivity index (χ3v) is 5.78. The Morgan fingerprint density at radius 1 is 1.07 bits per heavy atom. The molecule has 148 valence electrons. The largest absolute Gasteiger partial charge is 0.378 e. The van der Waals surface area contributed by atoms with Crippen LogP contribution in [0.4, 0.5) is 5.69 Å². The van der Waals surface area contributed by atoms with E-state index in [4.69, 9.17) is 11.6 Å². The quantitative estimate of drug-likeness (QED) is 0.329. The Kier molecular flexibility index (Phi) is 5.38. The van der Waals surface area contributed by atoms with Crippen LogP contribution in [0.3, 0.4) is 0 Å². The van der Waals surface area contributed by atoms with Crippen LogP contribution in [0.5, 0.6) is 0 Å². The van der Waals surface area contributed by atoms with Crippen LogP contribution in [0.15, 0.2) is 71.3 Å². The molecule has 4 rings (SSSR count). The lowest BCUT2D eigenvalue weighted by atomic mass is 9.96. The molecule has 0 atom stereocenters. The Morgan fingerprint density at radius 2 is 1.73 bits per heavy atom. The maximum atomic E-state index is 13.6. The molecule has 30 heavy (non-hydrogen) atoms. The van der Waals surface area contributed by atoms with Crippen LogP contribution in [0.1, 0.15) is 21.5 Å². The number of fused-ring (bicyclic) bond motifs is 1. The molecular weight excluding hydrogens is 462 g/mol. The molecule has 0 saturated carbocycles. The summed E-state index contributed by atoms with van der Waals surface area (Å²) < 4.78 is 2.85. The summed E-state index contributed by atoms with van der Waals surface area (Å²) in [5.41, 5.74) is 4.42. The zero-order valence-corrected chi connectivity index (χ0v) is 18.7. The second-order valence-corrected chi connectivity index (χ2v) is 8.44. The predicted molar refractivity (Wildman–Crippen MR) is 124 cm³/mol. The lowest BCUT2D eigenvalue weighted by molar-refractivity contribution is 0.103. The summed E-state index contributed by atoms with van der Waals surface area (Å²) >= 11 is 9.46. The van der Waals surface area contributed by atoms with Crippen molar-refractivity contribution in [2.24, 2.45) is 0 Å². The Hall–Kier alpha value is -3.07. The molecule has 0 aliphatic carbocycles. The highest BCUT2D eigenvalue weighted by atomic mass is 79.9. The highest BCUT2D eigenvalue weighted by molar-refractivity contribution is 9.10. The number of hydrogen-bond acceptors (Lipinski definition) is 3. The molecule has 0 aliphatic heterocycles. The van der Waals surface area contributed by atoms with Crippen molar-refractivity contribution in [3.05, 3.63) is 93.0 Å². The SMILES string of the molecule is CN(C)c1ccn2c(-c3ccc(Br)cc3)c(C(=O)c3ccc(Cl)cc3)c(C#N)c2c1. The topological polar surface area (TPSA) is 48.5 Å². The third-order valence-electron chi connectivity index (χ3n) is 5.00. The Labute approximate surface area is 188 Å². The van der Waals surface area contributed by atoms with Gasteiger partial charge in [-0.1, -0.05) is 39.7 Å². The first-order valence-corrected chi connectivity index (χ1v) is 10.4. The van der Waals surface area contributed by atoms with Crippen molar-refractivity contribution in [2.45, 2.75) is 0 Å². The Balaban J connectivity index is 2.07. The van der Waals surface area contributed by atoms with Gasteiger partial charge in [0.25, 0.3) is 0 Å². The molecular formula is C24H17BrClN3O. The van der Waals surface area contributed by atoms with Crippen LogP contribution in [-0.2, 0) is 0 Å². The average molecular weight is 479 g/mol. The molecule has 6 heteroatoms. The molecule has 0 unspecified atom stereocenters. The van der Waals surface area contributed by atoms with Gasteiger partial charge in [-0.05, 0) is 54.1 Å². The molecule has 2 heterocycles. The zero-order chi connectivity index (χ0) is 21.4. The molecule has 0 fully saturated rings. The van der Waals surface area contributed by atoms with Gasteiger partial charge in [0.2, 0.25) is 0 Å². The van der Waals surface area contributed by atoms with Crippen LogP contribution in [0, 0.1) is 11.3 Å². The minimum atomic E-state index is -0.212. The van der Waals surface area contributed by atoms with Crippen LogP contribution in [-0.4, -0.2) is 24.3 Å². The molecule has 4 nitrogen and oxygen atoms in total. The van der Waals surface area contributed by atoms with Gasteiger partial charge in [-0.3, -0.25) is 4.79 Å². The molecule has 2 aromatic carbocycles. The molecule has 0 spiro atoms. The van der Waals surface area contributed by atoms with E-state index in [0.717, 1.165) is 15.7 Å². The summed E-state index contributed by atoms with van der Waals surface area (Å²) in [6.07, 6.45) is 1.90. The van der Waals surface area contributed by atoms with Crippen molar-refractivity contribution in [1.29, 1.82) is 5.26 Å². The first-order valence-electron chi connectivity index (χ1n) is 9.22. The van der Waals surface area contributed by atoms with Crippen molar-refractivity contribution < 1.29 is 4.79 Å². The van der Waals surface area contributed by atoms with E-state index in [1.165, 1.54) is 0 Å². The van der Waals surface area contributed by atoms with Gasteiger partial charge in [0.05, 0.1) is 22.3 Å². The molecule has 4 aromatic rings. The summed E-state index contributed by atoms with van der Waals surface area (Å²) in [4.78, 5) is 15.5. The second kappa shape index (κ2) is 7.98. The maximum Gasteiger partial charge on any atom is 0.196 e. The summed E-state index contributed by atoms with van der Waals surface area (Å²) in [6.45, 7) is 0. The van der Waals surface area contributed by atoms with E-state index < -0.39 is 0 Å². The first-order chi connectivity index (χ1) is 14.4. The molecule has 0 radical (unpaired) electrons. The van der Waals surface area contributed by atoms with Crippen molar-refractivity contribution in [3.8, 4) is 17.3 Å². The van der Waals surface area contributed by atoms with Gasteiger partial charge in [-0.25, -0.2) is 0 Å². The number of ketones is 1. The van der Waals surface area contributed by atoms with Gasteiger partial charge >= 0.3 is 0 Å². The van der Waals surface area contributed by atoms with Crippen LogP contribution in [0.25, 0.3) is 16.8 Å². The molecule has 0 aliphatic rings. The molecule has 0 bridgehead atoms. The number of benzene rings is 2. The molecule has 2 aromatic heterocycles. The van der Waals surface area contributed by atoms with Gasteiger partial charge in [-0.2, -0.15) is 5.26 Å². The standard InChI is InChI=1S/C24H17BrClN3O/c1-28(2)19-11-12-29-21(13-19)20(14-27)22(23(29)15-3-7-17(25)8-4-15)24(30)16-5-9-18(26)10-6-16/h3-13H,1-2H3. The minimum Gasteiger partial charge on any atom is -0.378 e. The van der Waals surface area contributed by atoms with E-state index in [2.05, 4.69) is 22.0 Å². The van der Waals surface area contributed by atoms with Crippen LogP contribution < -0.4 is 4.90 Å². The summed E-state index contributed by atoms with van der Waals surface area (Å²) in [5, 5.41) is 10.6. The number of aromatic nitrogens is 1. The Bertz CT molecular complexity index is 1300. The van der Waals surface area contributed by atoms with E-state index in [-0.39, 0.29) is 5.78 Å². The fourth-order valence-electron chi connectivity index (χ4n) is 3.49. The van der Waals surface area contributed by atoms with Crippen LogP contribution in [0.2, 0.25) is 5.02 Å². The number of carbonyl (C=O) groups is 1. The van der Waals surface area contributed by atoms with Gasteiger partial charge < -0.3 is 9.30 Å². The predicted octanol–water partition coefficient (Wildman–Crippen LogP) is 6.19. The van der Waals surface area contributed by atoms with Gasteiger partial charge in [0.15, 0.2) is 5.78 Å². The number of carbonyl (C=O) groups excluding carboxylic acids is 1. The molecule has 0 saturated heterocycles. The smallest absolute Gasteiger partial charge is 0.196 e. The first kappa shape index (κ1) is 20.2. The van der Waals surface area contributed by atoms with E-state index in [0.29, 0.717) is 32.9 Å². The fraction of sp³-hybridized carbons (Fsp3) is 0.0833. The van der Waals surface area contributed by atoms with Gasteiger partial charge in [0, 0.05) is 41.0 Å². The summed E-state index contributed by atoms with van der Waals surface area (Å²) in [7, 11) is 3.88. The van der Waals surface area contributed by atoms with Gasteiger partial charge in [-0.15, -0.1) is 0 Å². The van der Waals surface area contributed by atoms with Crippen molar-refractivity contribution >= 4 is 44.5 Å². The monoisotopic (exact) mass is 477 g/mol. The number of nitrogens with zero attached hydrogens (tertiary/aromatic N) is 3. The van der Waals surface area contributed by atoms with Gasteiger partial charge in [0.1, 0.15) is 6.07 Å². The highest BCUT2D eigenvalue weighted by Gasteiger charge is 2.26. The van der Waals surface area contributed by atoms with E-state index in [1.54, 1.807) is 24.3 Å². The average Bonchev–Trinajstić information content (AvgIpc) is 3.07. The lowest BCUT2D eigenvalue weighted by Gasteiger charge is -2.13. The normalized spacial score (nSPS) is 10.8. The van der Waals surface area contributed by atoms with Crippen molar-refractivity contribution in [2.75, 3.05) is 19.0 Å². The minimum absolute atomic E-state index is 0.212. The zero-order valence-electron chi connectivity index (χ0n) is 16.4. The lowest BCUT2D eigenvalue weighted by Crippen LogP contribution is -2.08. The number of rotatable bonds is 4. The van der Waals surface area contributed by atoms with Crippen molar-refractivity contribution in [1.82, 2.24) is 4.40 Å². The number of hydrogen-bond donors (Lipinski definition) is 0.